The van der Waals surface area contributed by atoms with E-state index in [4.69, 9.17) is 11.6 Å². The number of oxime groups is 1. The van der Waals surface area contributed by atoms with Crippen LogP contribution in [0.3, 0.4) is 0 Å². The Balaban J connectivity index is 4.55. The summed E-state index contributed by atoms with van der Waals surface area (Å²) in [6.07, 6.45) is 1.55. The average Bonchev–Trinajstić information content (AvgIpc) is 2.11. The number of carbonyl (C=O) groups excluding carboxylic acids is 2. The zero-order chi connectivity index (χ0) is 9.56. The molecule has 0 radical (unpaired) electrons. The largest absolute Gasteiger partial charge is 0.398 e. The van der Waals surface area contributed by atoms with Crippen molar-refractivity contribution < 1.29 is 14.4 Å². The van der Waals surface area contributed by atoms with E-state index in [1.165, 1.54) is 7.11 Å². The molecule has 0 fully saturated rings. The van der Waals surface area contributed by atoms with Gasteiger partial charge in [-0.15, -0.1) is 11.6 Å². The van der Waals surface area contributed by atoms with Crippen molar-refractivity contribution in [2.24, 2.45) is 5.16 Å². The van der Waals surface area contributed by atoms with Gasteiger partial charge in [0.25, 0.3) is 0 Å². The van der Waals surface area contributed by atoms with E-state index in [0.29, 0.717) is 0 Å². The molecule has 0 aromatic rings. The molecule has 0 heterocycles. The monoisotopic (exact) mass is 209 g/mol. The number of hydrogen-bond acceptors (Lipinski definition) is 5. The molecule has 0 atom stereocenters. The summed E-state index contributed by atoms with van der Waals surface area (Å²) in [5.41, 5.74) is -0.250. The van der Waals surface area contributed by atoms with Crippen LogP contribution in [0.2, 0.25) is 0 Å². The molecule has 0 unspecified atom stereocenters. The second-order valence-corrected chi connectivity index (χ2v) is 2.72. The van der Waals surface area contributed by atoms with Gasteiger partial charge in [0.15, 0.2) is 0 Å². The Morgan fingerprint density at radius 2 is 2.17 bits per heavy atom. The molecule has 0 N–H and O–H groups in total. The summed E-state index contributed by atoms with van der Waals surface area (Å²) in [4.78, 5) is 26.2. The topological polar surface area (TPSA) is 55.7 Å². The van der Waals surface area contributed by atoms with Crippen molar-refractivity contribution in [2.45, 2.75) is 0 Å². The Bertz CT molecular complexity index is 199. The summed E-state index contributed by atoms with van der Waals surface area (Å²) in [7, 11) is 1.26. The second kappa shape index (κ2) is 6.02. The first-order chi connectivity index (χ1) is 5.67. The van der Waals surface area contributed by atoms with Gasteiger partial charge in [-0.3, -0.25) is 9.59 Å². The average molecular weight is 210 g/mol. The number of alkyl halides is 1. The maximum atomic E-state index is 11.0. The molecule has 0 amide bonds. The van der Waals surface area contributed by atoms with Crippen molar-refractivity contribution >= 4 is 40.0 Å². The summed E-state index contributed by atoms with van der Waals surface area (Å²) >= 11 is 6.12. The van der Waals surface area contributed by atoms with Crippen LogP contribution in [0, 0.1) is 0 Å². The lowest BCUT2D eigenvalue weighted by Crippen LogP contribution is -2.23. The molecule has 0 aliphatic carbocycles. The molecule has 0 spiro atoms. The highest BCUT2D eigenvalue weighted by atomic mass is 35.5. The third-order valence-electron chi connectivity index (χ3n) is 0.947. The van der Waals surface area contributed by atoms with Crippen LogP contribution in [0.4, 0.5) is 0 Å². The quantitative estimate of drug-likeness (QED) is 0.296. The highest BCUT2D eigenvalue weighted by molar-refractivity contribution is 8.15. The lowest BCUT2D eigenvalue weighted by Gasteiger charge is -1.97. The molecule has 6 heteroatoms. The van der Waals surface area contributed by atoms with Gasteiger partial charge in [0, 0.05) is 0 Å². The highest BCUT2D eigenvalue weighted by Crippen LogP contribution is 2.00. The molecular weight excluding hydrogens is 202 g/mol. The van der Waals surface area contributed by atoms with Gasteiger partial charge in [-0.05, 0) is 6.26 Å². The SMILES string of the molecule is CON=C(C(=O)CCl)C(=O)SC. The molecule has 4 nitrogen and oxygen atoms in total. The van der Waals surface area contributed by atoms with Gasteiger partial charge in [0.2, 0.25) is 16.6 Å². The van der Waals surface area contributed by atoms with Crippen LogP contribution >= 0.6 is 23.4 Å². The van der Waals surface area contributed by atoms with Gasteiger partial charge in [-0.2, -0.15) is 0 Å². The van der Waals surface area contributed by atoms with Crippen molar-refractivity contribution in [3.8, 4) is 0 Å². The standard InChI is InChI=1S/C6H8ClNO3S/c1-11-8-5(4(9)3-7)6(10)12-2/h3H2,1-2H3. The summed E-state index contributed by atoms with van der Waals surface area (Å²) in [5.74, 6) is -0.799. The minimum atomic E-state index is -0.530. The third-order valence-corrected chi connectivity index (χ3v) is 1.75. The van der Waals surface area contributed by atoms with Gasteiger partial charge in [-0.25, -0.2) is 0 Å². The van der Waals surface area contributed by atoms with E-state index in [-0.39, 0.29) is 11.6 Å². The van der Waals surface area contributed by atoms with Crippen LogP contribution in [0.15, 0.2) is 5.16 Å². The van der Waals surface area contributed by atoms with Gasteiger partial charge < -0.3 is 4.84 Å². The fourth-order valence-corrected chi connectivity index (χ4v) is 0.924. The molecule has 0 aliphatic heterocycles. The number of ketones is 1. The summed E-state index contributed by atoms with van der Waals surface area (Å²) in [5, 5.41) is 2.84. The Morgan fingerprint density at radius 1 is 1.58 bits per heavy atom. The predicted molar refractivity (Wildman–Crippen MR) is 48.7 cm³/mol. The van der Waals surface area contributed by atoms with Gasteiger partial charge in [0.1, 0.15) is 7.11 Å². The zero-order valence-corrected chi connectivity index (χ0v) is 8.24. The van der Waals surface area contributed by atoms with Gasteiger partial charge in [0.05, 0.1) is 5.88 Å². The maximum absolute atomic E-state index is 11.0. The van der Waals surface area contributed by atoms with Crippen LogP contribution in [-0.4, -0.2) is 35.9 Å². The molecule has 68 valence electrons. The van der Waals surface area contributed by atoms with E-state index in [2.05, 4.69) is 9.99 Å². The van der Waals surface area contributed by atoms with E-state index in [1.54, 1.807) is 6.26 Å². The molecule has 0 aromatic carbocycles. The molecule has 0 saturated heterocycles. The number of thioether (sulfide) groups is 1. The first-order valence-electron chi connectivity index (χ1n) is 2.96. The Kier molecular flexibility index (Phi) is 5.74. The van der Waals surface area contributed by atoms with E-state index >= 15 is 0 Å². The zero-order valence-electron chi connectivity index (χ0n) is 6.67. The molecule has 0 saturated carbocycles. The van der Waals surface area contributed by atoms with Crippen molar-refractivity contribution in [2.75, 3.05) is 19.2 Å². The minimum Gasteiger partial charge on any atom is -0.398 e. The molecule has 0 bridgehead atoms. The van der Waals surface area contributed by atoms with Crippen molar-refractivity contribution in [1.82, 2.24) is 0 Å². The van der Waals surface area contributed by atoms with E-state index in [0.717, 1.165) is 11.8 Å². The molecular formula is C6H8ClNO3S. The first kappa shape index (κ1) is 11.4. The summed E-state index contributed by atoms with van der Waals surface area (Å²) < 4.78 is 0. The predicted octanol–water partition coefficient (Wildman–Crippen LogP) is 0.686. The Hall–Kier alpha value is -0.550. The number of Topliss-reactive ketones (excluding diaryl/α,β-unsaturated/α-hetero) is 1. The molecule has 0 rings (SSSR count). The van der Waals surface area contributed by atoms with E-state index in [9.17, 15) is 9.59 Å². The van der Waals surface area contributed by atoms with E-state index < -0.39 is 10.9 Å². The highest BCUT2D eigenvalue weighted by Gasteiger charge is 2.19. The van der Waals surface area contributed by atoms with Gasteiger partial charge in [-0.1, -0.05) is 16.9 Å². The molecule has 12 heavy (non-hydrogen) atoms. The number of rotatable bonds is 4. The van der Waals surface area contributed by atoms with Crippen molar-refractivity contribution in [3.63, 3.8) is 0 Å². The number of halogens is 1. The summed E-state index contributed by atoms with van der Waals surface area (Å²) in [6, 6.07) is 0. The van der Waals surface area contributed by atoms with Crippen LogP contribution < -0.4 is 0 Å². The Labute approximate surface area is 79.3 Å². The summed E-state index contributed by atoms with van der Waals surface area (Å²) in [6.45, 7) is 0. The number of hydrogen-bond donors (Lipinski definition) is 0. The fourth-order valence-electron chi connectivity index (χ4n) is 0.453. The van der Waals surface area contributed by atoms with Crippen LogP contribution in [0.5, 0.6) is 0 Å². The first-order valence-corrected chi connectivity index (χ1v) is 4.72. The van der Waals surface area contributed by atoms with Crippen molar-refractivity contribution in [3.05, 3.63) is 0 Å². The van der Waals surface area contributed by atoms with Crippen LogP contribution in [0.1, 0.15) is 0 Å². The van der Waals surface area contributed by atoms with Gasteiger partial charge >= 0.3 is 0 Å². The maximum Gasteiger partial charge on any atom is 0.244 e. The van der Waals surface area contributed by atoms with Crippen molar-refractivity contribution in [1.29, 1.82) is 0 Å². The van der Waals surface area contributed by atoms with Crippen LogP contribution in [-0.2, 0) is 14.4 Å². The lowest BCUT2D eigenvalue weighted by molar-refractivity contribution is -0.112. The second-order valence-electron chi connectivity index (χ2n) is 1.67. The third kappa shape index (κ3) is 3.23. The molecule has 0 aliphatic rings. The smallest absolute Gasteiger partial charge is 0.244 e. The fraction of sp³-hybridized carbons (Fsp3) is 0.500. The molecule has 0 aromatic heterocycles. The number of nitrogens with zero attached hydrogens (tertiary/aromatic N) is 1. The minimum absolute atomic E-state index is 0.250. The Morgan fingerprint density at radius 3 is 2.50 bits per heavy atom. The number of carbonyl (C=O) groups is 2. The normalized spacial score (nSPS) is 11.1. The van der Waals surface area contributed by atoms with Crippen LogP contribution in [0.25, 0.3) is 0 Å². The van der Waals surface area contributed by atoms with E-state index in [1.807, 2.05) is 0 Å². The lowest BCUT2D eigenvalue weighted by atomic mass is 10.3.